The molecule has 162 valence electrons. The van der Waals surface area contributed by atoms with Crippen LogP contribution in [0.25, 0.3) is 0 Å². The number of esters is 1. The molecule has 12 heteroatoms. The minimum absolute atomic E-state index is 0.201. The largest absolute Gasteiger partial charge is 0.464 e. The number of halogens is 6. The van der Waals surface area contributed by atoms with Gasteiger partial charge in [-0.3, -0.25) is 9.35 Å². The Balaban J connectivity index is 1.85. The molecule has 0 aromatic carbocycles. The summed E-state index contributed by atoms with van der Waals surface area (Å²) in [6.45, 7) is -2.24. The minimum atomic E-state index is -6.11. The second-order valence-electron chi connectivity index (χ2n) is 8.58. The number of ether oxygens (including phenoxy) is 1. The molecule has 4 saturated carbocycles. The molecular weight excluding hydrogens is 418 g/mol. The highest BCUT2D eigenvalue weighted by molar-refractivity contribution is 7.85. The van der Waals surface area contributed by atoms with Gasteiger partial charge in [0, 0.05) is 0 Å². The zero-order valence-electron chi connectivity index (χ0n) is 14.6. The standard InChI is InChI=1S/C16H20F6O5S/c17-15(18,19)14(16(20,21)22,8-28(24,25)26)7-27-12(23)13-4-9-1-10(5-13)3-11(2-9)6-13/h9-11H,1-8H2,(H,24,25,26). The fourth-order valence-electron chi connectivity index (χ4n) is 5.54. The maximum atomic E-state index is 13.3. The SMILES string of the molecule is O=C(OCC(CS(=O)(=O)O)(C(F)(F)F)C(F)(F)F)C12CC3CC(CC(C3)C1)C2. The maximum absolute atomic E-state index is 13.3. The van der Waals surface area contributed by atoms with Crippen LogP contribution in [0.4, 0.5) is 26.3 Å². The lowest BCUT2D eigenvalue weighted by Crippen LogP contribution is -2.58. The number of carbonyl (C=O) groups is 1. The zero-order chi connectivity index (χ0) is 21.2. The van der Waals surface area contributed by atoms with Gasteiger partial charge in [-0.1, -0.05) is 0 Å². The normalized spacial score (nSPS) is 33.2. The van der Waals surface area contributed by atoms with Gasteiger partial charge in [0.2, 0.25) is 5.41 Å². The second-order valence-corrected chi connectivity index (χ2v) is 10.0. The highest BCUT2D eigenvalue weighted by atomic mass is 32.2. The van der Waals surface area contributed by atoms with Gasteiger partial charge < -0.3 is 4.74 Å². The lowest BCUT2D eigenvalue weighted by Gasteiger charge is -2.55. The Morgan fingerprint density at radius 2 is 1.32 bits per heavy atom. The van der Waals surface area contributed by atoms with Crippen molar-refractivity contribution in [1.82, 2.24) is 0 Å². The third kappa shape index (κ3) is 3.73. The predicted molar refractivity (Wildman–Crippen MR) is 82.5 cm³/mol. The van der Waals surface area contributed by atoms with Gasteiger partial charge in [0.15, 0.2) is 0 Å². The Morgan fingerprint density at radius 1 is 0.929 bits per heavy atom. The molecule has 0 aromatic heterocycles. The maximum Gasteiger partial charge on any atom is 0.407 e. The van der Waals surface area contributed by atoms with Crippen LogP contribution in [0.3, 0.4) is 0 Å². The average Bonchev–Trinajstić information content (AvgIpc) is 2.46. The summed E-state index contributed by atoms with van der Waals surface area (Å²) in [5.74, 6) is -3.20. The molecule has 4 bridgehead atoms. The fourth-order valence-corrected chi connectivity index (χ4v) is 6.58. The Kier molecular flexibility index (Phi) is 5.01. The lowest BCUT2D eigenvalue weighted by atomic mass is 9.49. The Bertz CT molecular complexity index is 692. The molecule has 0 heterocycles. The van der Waals surface area contributed by atoms with Crippen LogP contribution >= 0.6 is 0 Å². The van der Waals surface area contributed by atoms with Crippen molar-refractivity contribution in [2.24, 2.45) is 28.6 Å². The van der Waals surface area contributed by atoms with Gasteiger partial charge in [-0.15, -0.1) is 0 Å². The van der Waals surface area contributed by atoms with Gasteiger partial charge in [-0.05, 0) is 56.3 Å². The van der Waals surface area contributed by atoms with Crippen molar-refractivity contribution in [1.29, 1.82) is 0 Å². The molecule has 1 N–H and O–H groups in total. The molecule has 5 nitrogen and oxygen atoms in total. The highest BCUT2D eigenvalue weighted by Gasteiger charge is 2.73. The van der Waals surface area contributed by atoms with Gasteiger partial charge in [0.25, 0.3) is 10.1 Å². The first-order chi connectivity index (χ1) is 12.6. The zero-order valence-corrected chi connectivity index (χ0v) is 15.5. The molecule has 0 aliphatic heterocycles. The Hall–Kier alpha value is -1.04. The predicted octanol–water partition coefficient (Wildman–Crippen LogP) is 3.74. The van der Waals surface area contributed by atoms with Crippen molar-refractivity contribution in [2.75, 3.05) is 12.4 Å². The summed E-state index contributed by atoms with van der Waals surface area (Å²) in [5, 5.41) is 0. The monoisotopic (exact) mass is 438 g/mol. The van der Waals surface area contributed by atoms with Gasteiger partial charge in [-0.25, -0.2) is 0 Å². The van der Waals surface area contributed by atoms with E-state index in [1.165, 1.54) is 0 Å². The van der Waals surface area contributed by atoms with E-state index in [9.17, 15) is 39.6 Å². The van der Waals surface area contributed by atoms with Crippen molar-refractivity contribution < 1.29 is 48.8 Å². The molecule has 0 amide bonds. The molecular formula is C16H20F6O5S. The van der Waals surface area contributed by atoms with Gasteiger partial charge in [0.1, 0.15) is 12.4 Å². The van der Waals surface area contributed by atoms with Gasteiger partial charge >= 0.3 is 18.3 Å². The Morgan fingerprint density at radius 3 is 1.64 bits per heavy atom. The quantitative estimate of drug-likeness (QED) is 0.402. The van der Waals surface area contributed by atoms with Crippen LogP contribution in [0.15, 0.2) is 0 Å². The summed E-state index contributed by atoms with van der Waals surface area (Å²) in [4.78, 5) is 12.6. The fraction of sp³-hybridized carbons (Fsp3) is 0.938. The summed E-state index contributed by atoms with van der Waals surface area (Å²) in [7, 11) is -5.67. The summed E-state index contributed by atoms with van der Waals surface area (Å²) in [6, 6.07) is 0. The molecule has 0 aromatic rings. The van der Waals surface area contributed by atoms with E-state index in [4.69, 9.17) is 4.55 Å². The summed E-state index contributed by atoms with van der Waals surface area (Å²) >= 11 is 0. The second kappa shape index (κ2) is 6.48. The molecule has 0 radical (unpaired) electrons. The smallest absolute Gasteiger partial charge is 0.407 e. The van der Waals surface area contributed by atoms with E-state index in [1.807, 2.05) is 0 Å². The summed E-state index contributed by atoms with van der Waals surface area (Å²) < 4.78 is 115. The van der Waals surface area contributed by atoms with E-state index < -0.39 is 51.6 Å². The van der Waals surface area contributed by atoms with E-state index in [0.717, 1.165) is 19.3 Å². The van der Waals surface area contributed by atoms with Crippen LogP contribution in [-0.4, -0.2) is 43.7 Å². The average molecular weight is 438 g/mol. The van der Waals surface area contributed by atoms with Crippen molar-refractivity contribution >= 4 is 16.1 Å². The van der Waals surface area contributed by atoms with Crippen LogP contribution in [-0.2, 0) is 19.6 Å². The van der Waals surface area contributed by atoms with E-state index in [2.05, 4.69) is 4.74 Å². The van der Waals surface area contributed by atoms with E-state index in [0.29, 0.717) is 19.3 Å². The van der Waals surface area contributed by atoms with E-state index >= 15 is 0 Å². The highest BCUT2D eigenvalue weighted by Crippen LogP contribution is 2.61. The first kappa shape index (κ1) is 21.7. The Labute approximate surface area is 157 Å². The molecule has 0 saturated heterocycles. The number of alkyl halides is 6. The van der Waals surface area contributed by atoms with Crippen molar-refractivity contribution in [2.45, 2.75) is 50.9 Å². The molecule has 0 spiro atoms. The molecule has 4 fully saturated rings. The molecule has 4 rings (SSSR count). The first-order valence-corrected chi connectivity index (χ1v) is 10.4. The molecule has 4 aliphatic carbocycles. The first-order valence-electron chi connectivity index (χ1n) is 8.83. The van der Waals surface area contributed by atoms with Crippen molar-refractivity contribution in [3.8, 4) is 0 Å². The number of carbonyl (C=O) groups excluding carboxylic acids is 1. The molecule has 4 aliphatic rings. The van der Waals surface area contributed by atoms with Crippen molar-refractivity contribution in [3.05, 3.63) is 0 Å². The summed E-state index contributed by atoms with van der Waals surface area (Å²) in [6.07, 6.45) is -8.45. The van der Waals surface area contributed by atoms with Crippen LogP contribution in [0.2, 0.25) is 0 Å². The van der Waals surface area contributed by atoms with Crippen LogP contribution in [0.5, 0.6) is 0 Å². The third-order valence-electron chi connectivity index (χ3n) is 6.43. The topological polar surface area (TPSA) is 80.7 Å². The molecule has 28 heavy (non-hydrogen) atoms. The molecule has 0 unspecified atom stereocenters. The minimum Gasteiger partial charge on any atom is -0.464 e. The van der Waals surface area contributed by atoms with Gasteiger partial charge in [-0.2, -0.15) is 34.8 Å². The number of rotatable bonds is 5. The van der Waals surface area contributed by atoms with E-state index in [-0.39, 0.29) is 17.8 Å². The third-order valence-corrected chi connectivity index (χ3v) is 7.29. The number of hydrogen-bond acceptors (Lipinski definition) is 4. The number of hydrogen-bond donors (Lipinski definition) is 1. The van der Waals surface area contributed by atoms with Crippen molar-refractivity contribution in [3.63, 3.8) is 0 Å². The summed E-state index contributed by atoms with van der Waals surface area (Å²) in [5.41, 5.74) is -6.00. The van der Waals surface area contributed by atoms with Crippen LogP contribution in [0.1, 0.15) is 38.5 Å². The van der Waals surface area contributed by atoms with Gasteiger partial charge in [0.05, 0.1) is 5.41 Å². The van der Waals surface area contributed by atoms with Crippen LogP contribution < -0.4 is 0 Å². The molecule has 0 atom stereocenters. The lowest BCUT2D eigenvalue weighted by molar-refractivity contribution is -0.342. The van der Waals surface area contributed by atoms with E-state index in [1.54, 1.807) is 0 Å². The van der Waals surface area contributed by atoms with Crippen LogP contribution in [0, 0.1) is 28.6 Å².